The van der Waals surface area contributed by atoms with Crippen molar-refractivity contribution in [1.82, 2.24) is 9.97 Å². The zero-order valence-corrected chi connectivity index (χ0v) is 7.92. The van der Waals surface area contributed by atoms with E-state index in [0.29, 0.717) is 12.1 Å². The van der Waals surface area contributed by atoms with Gasteiger partial charge in [-0.2, -0.15) is 0 Å². The summed E-state index contributed by atoms with van der Waals surface area (Å²) >= 11 is 0. The summed E-state index contributed by atoms with van der Waals surface area (Å²) in [5, 5.41) is 0. The van der Waals surface area contributed by atoms with E-state index in [-0.39, 0.29) is 11.6 Å². The van der Waals surface area contributed by atoms with Crippen molar-refractivity contribution in [3.05, 3.63) is 41.8 Å². The van der Waals surface area contributed by atoms with Gasteiger partial charge in [-0.25, -0.2) is 23.1 Å². The molecule has 3 nitrogen and oxygen atoms in total. The minimum Gasteiger partial charge on any atom is -0.384 e. The van der Waals surface area contributed by atoms with Crippen LogP contribution in [0.25, 0.3) is 11.4 Å². The van der Waals surface area contributed by atoms with Gasteiger partial charge < -0.3 is 5.73 Å². The zero-order valence-electron chi connectivity index (χ0n) is 7.92. The predicted octanol–water partition coefficient (Wildman–Crippen LogP) is 2.14. The Hall–Kier alpha value is -2.11. The van der Waals surface area contributed by atoms with Crippen LogP contribution in [0, 0.1) is 17.5 Å². The lowest BCUT2D eigenvalue weighted by atomic mass is 10.2. The Bertz CT molecular complexity index is 520. The van der Waals surface area contributed by atoms with E-state index < -0.39 is 23.0 Å². The van der Waals surface area contributed by atoms with Crippen LogP contribution in [0.15, 0.2) is 24.4 Å². The van der Waals surface area contributed by atoms with E-state index >= 15 is 0 Å². The molecule has 0 saturated heterocycles. The summed E-state index contributed by atoms with van der Waals surface area (Å²) in [5.74, 6) is -3.27. The molecule has 16 heavy (non-hydrogen) atoms. The third-order valence-corrected chi connectivity index (χ3v) is 1.91. The van der Waals surface area contributed by atoms with E-state index in [4.69, 9.17) is 5.73 Å². The summed E-state index contributed by atoms with van der Waals surface area (Å²) in [6.07, 6.45) is 1.26. The van der Waals surface area contributed by atoms with Crippen molar-refractivity contribution < 1.29 is 13.2 Å². The fourth-order valence-corrected chi connectivity index (χ4v) is 1.25. The third-order valence-electron chi connectivity index (χ3n) is 1.91. The maximum atomic E-state index is 13.3. The average molecular weight is 225 g/mol. The van der Waals surface area contributed by atoms with Crippen molar-refractivity contribution >= 4 is 5.82 Å². The highest BCUT2D eigenvalue weighted by Gasteiger charge is 2.15. The van der Waals surface area contributed by atoms with Gasteiger partial charge in [0.05, 0.1) is 5.56 Å². The van der Waals surface area contributed by atoms with Gasteiger partial charge in [-0.1, -0.05) is 0 Å². The van der Waals surface area contributed by atoms with Gasteiger partial charge in [0.15, 0.2) is 5.82 Å². The molecule has 1 heterocycles. The SMILES string of the molecule is Nc1ccnc(-c2c(F)cc(F)cc2F)n1. The number of aromatic nitrogens is 2. The Kier molecular flexibility index (Phi) is 2.47. The van der Waals surface area contributed by atoms with Gasteiger partial charge in [0, 0.05) is 18.3 Å². The maximum absolute atomic E-state index is 13.3. The van der Waals surface area contributed by atoms with E-state index in [1.807, 2.05) is 0 Å². The number of rotatable bonds is 1. The Morgan fingerprint density at radius 2 is 1.69 bits per heavy atom. The minimum absolute atomic E-state index is 0.0770. The highest BCUT2D eigenvalue weighted by atomic mass is 19.1. The molecule has 82 valence electrons. The Balaban J connectivity index is 2.64. The van der Waals surface area contributed by atoms with Crippen LogP contribution in [-0.4, -0.2) is 9.97 Å². The third kappa shape index (κ3) is 1.81. The minimum atomic E-state index is -1.07. The largest absolute Gasteiger partial charge is 0.384 e. The fourth-order valence-electron chi connectivity index (χ4n) is 1.25. The lowest BCUT2D eigenvalue weighted by molar-refractivity contribution is 0.546. The van der Waals surface area contributed by atoms with Crippen LogP contribution in [0.3, 0.4) is 0 Å². The molecule has 0 atom stereocenters. The van der Waals surface area contributed by atoms with Gasteiger partial charge in [-0.3, -0.25) is 0 Å². The number of nitrogen functional groups attached to an aromatic ring is 1. The molecule has 0 aliphatic carbocycles. The van der Waals surface area contributed by atoms with Crippen molar-refractivity contribution in [2.24, 2.45) is 0 Å². The normalized spacial score (nSPS) is 10.4. The molecular formula is C10H6F3N3. The molecule has 2 N–H and O–H groups in total. The molecule has 0 fully saturated rings. The van der Waals surface area contributed by atoms with Crippen molar-refractivity contribution in [2.75, 3.05) is 5.73 Å². The molecule has 0 amide bonds. The van der Waals surface area contributed by atoms with Crippen LogP contribution in [0.5, 0.6) is 0 Å². The molecule has 0 bridgehead atoms. The number of nitrogens with zero attached hydrogens (tertiary/aromatic N) is 2. The lowest BCUT2D eigenvalue weighted by Crippen LogP contribution is -1.99. The molecule has 0 aliphatic rings. The summed E-state index contributed by atoms with van der Waals surface area (Å²) in [5.41, 5.74) is 4.86. The standard InChI is InChI=1S/C10H6F3N3/c11-5-3-6(12)9(7(13)4-5)10-15-2-1-8(14)16-10/h1-4H,(H2,14,15,16). The summed E-state index contributed by atoms with van der Waals surface area (Å²) < 4.78 is 39.3. The second-order valence-corrected chi connectivity index (χ2v) is 3.05. The molecule has 0 spiro atoms. The van der Waals surface area contributed by atoms with Gasteiger partial charge in [0.2, 0.25) is 0 Å². The highest BCUT2D eigenvalue weighted by molar-refractivity contribution is 5.58. The van der Waals surface area contributed by atoms with Crippen LogP contribution >= 0.6 is 0 Å². The summed E-state index contributed by atoms with van der Waals surface area (Å²) in [7, 11) is 0. The first kappa shape index (κ1) is 10.4. The smallest absolute Gasteiger partial charge is 0.167 e. The first-order valence-electron chi connectivity index (χ1n) is 4.31. The zero-order chi connectivity index (χ0) is 11.7. The second-order valence-electron chi connectivity index (χ2n) is 3.05. The van der Waals surface area contributed by atoms with Crippen molar-refractivity contribution in [2.45, 2.75) is 0 Å². The average Bonchev–Trinajstić information content (AvgIpc) is 2.15. The number of benzene rings is 1. The van der Waals surface area contributed by atoms with Crippen molar-refractivity contribution in [1.29, 1.82) is 0 Å². The Labute approximate surface area is 88.8 Å². The first-order valence-corrected chi connectivity index (χ1v) is 4.31. The Morgan fingerprint density at radius 3 is 2.25 bits per heavy atom. The summed E-state index contributed by atoms with van der Waals surface area (Å²) in [6.45, 7) is 0. The monoisotopic (exact) mass is 225 g/mol. The second kappa shape index (κ2) is 3.80. The molecule has 0 radical (unpaired) electrons. The van der Waals surface area contributed by atoms with Gasteiger partial charge >= 0.3 is 0 Å². The number of halogens is 3. The molecule has 0 saturated carbocycles. The van der Waals surface area contributed by atoms with Crippen LogP contribution in [0.2, 0.25) is 0 Å². The first-order chi connectivity index (χ1) is 7.58. The molecule has 0 unspecified atom stereocenters. The molecule has 2 aromatic rings. The number of hydrogen-bond acceptors (Lipinski definition) is 3. The number of hydrogen-bond donors (Lipinski definition) is 1. The topological polar surface area (TPSA) is 51.8 Å². The van der Waals surface area contributed by atoms with E-state index in [1.54, 1.807) is 0 Å². The highest BCUT2D eigenvalue weighted by Crippen LogP contribution is 2.24. The molecule has 2 rings (SSSR count). The maximum Gasteiger partial charge on any atom is 0.167 e. The molecule has 0 aliphatic heterocycles. The fraction of sp³-hybridized carbons (Fsp3) is 0. The van der Waals surface area contributed by atoms with E-state index in [2.05, 4.69) is 9.97 Å². The van der Waals surface area contributed by atoms with E-state index in [9.17, 15) is 13.2 Å². The molecule has 1 aromatic heterocycles. The van der Waals surface area contributed by atoms with Gasteiger partial charge in [-0.05, 0) is 6.07 Å². The van der Waals surface area contributed by atoms with Crippen molar-refractivity contribution in [3.63, 3.8) is 0 Å². The Morgan fingerprint density at radius 1 is 1.06 bits per heavy atom. The van der Waals surface area contributed by atoms with E-state index in [1.165, 1.54) is 12.3 Å². The van der Waals surface area contributed by atoms with Gasteiger partial charge in [0.25, 0.3) is 0 Å². The summed E-state index contributed by atoms with van der Waals surface area (Å²) in [6, 6.07) is 2.50. The van der Waals surface area contributed by atoms with Crippen LogP contribution in [0.4, 0.5) is 19.0 Å². The van der Waals surface area contributed by atoms with Gasteiger partial charge in [0.1, 0.15) is 23.3 Å². The van der Waals surface area contributed by atoms with E-state index in [0.717, 1.165) is 0 Å². The van der Waals surface area contributed by atoms with Gasteiger partial charge in [-0.15, -0.1) is 0 Å². The molecular weight excluding hydrogens is 219 g/mol. The van der Waals surface area contributed by atoms with Crippen molar-refractivity contribution in [3.8, 4) is 11.4 Å². The van der Waals surface area contributed by atoms with Crippen LogP contribution < -0.4 is 5.73 Å². The van der Waals surface area contributed by atoms with Crippen LogP contribution in [-0.2, 0) is 0 Å². The summed E-state index contributed by atoms with van der Waals surface area (Å²) in [4.78, 5) is 7.33. The lowest BCUT2D eigenvalue weighted by Gasteiger charge is -2.04. The predicted molar refractivity (Wildman–Crippen MR) is 51.8 cm³/mol. The number of nitrogens with two attached hydrogens (primary N) is 1. The molecule has 1 aromatic carbocycles. The van der Waals surface area contributed by atoms with Crippen LogP contribution in [0.1, 0.15) is 0 Å². The number of anilines is 1. The quantitative estimate of drug-likeness (QED) is 0.808. The molecule has 6 heteroatoms.